The molecule has 1 aliphatic rings. The summed E-state index contributed by atoms with van der Waals surface area (Å²) < 4.78 is 39.1. The molecule has 2 atom stereocenters. The maximum atomic E-state index is 13.0. The maximum Gasteiger partial charge on any atom is 0.394 e. The Morgan fingerprint density at radius 3 is 2.50 bits per heavy atom. The third-order valence-corrected chi connectivity index (χ3v) is 4.69. The monoisotopic (exact) mass is 398 g/mol. The quantitative estimate of drug-likeness (QED) is 0.635. The SMILES string of the molecule is CNC(=O)c1cc2cc(NC(=O)N3C[C@@H](C(F)(F)F)[C@H](C(=O)O)C3)ccc2[nH]1. The lowest BCUT2D eigenvalue weighted by Crippen LogP contribution is -2.35. The van der Waals surface area contributed by atoms with E-state index >= 15 is 0 Å². The molecule has 1 aromatic heterocycles. The highest BCUT2D eigenvalue weighted by Crippen LogP contribution is 2.38. The van der Waals surface area contributed by atoms with Crippen molar-refractivity contribution in [1.29, 1.82) is 0 Å². The van der Waals surface area contributed by atoms with E-state index in [1.54, 1.807) is 18.2 Å². The molecule has 2 heterocycles. The summed E-state index contributed by atoms with van der Waals surface area (Å²) in [4.78, 5) is 38.9. The first-order valence-corrected chi connectivity index (χ1v) is 8.30. The van der Waals surface area contributed by atoms with Gasteiger partial charge in [0.25, 0.3) is 5.91 Å². The smallest absolute Gasteiger partial charge is 0.394 e. The Hall–Kier alpha value is -3.24. The van der Waals surface area contributed by atoms with Crippen LogP contribution in [-0.4, -0.2) is 59.2 Å². The lowest BCUT2D eigenvalue weighted by molar-refractivity contribution is -0.187. The number of halogens is 3. The molecule has 1 fully saturated rings. The van der Waals surface area contributed by atoms with Gasteiger partial charge in [0.15, 0.2) is 0 Å². The van der Waals surface area contributed by atoms with Gasteiger partial charge in [-0.05, 0) is 24.3 Å². The number of carbonyl (C=O) groups excluding carboxylic acids is 2. The Labute approximate surface area is 156 Å². The third-order valence-electron chi connectivity index (χ3n) is 4.69. The molecule has 1 aliphatic heterocycles. The van der Waals surface area contributed by atoms with Crippen LogP contribution in [0.5, 0.6) is 0 Å². The number of urea groups is 1. The molecule has 2 aromatic rings. The van der Waals surface area contributed by atoms with Crippen molar-refractivity contribution in [3.63, 3.8) is 0 Å². The average molecular weight is 398 g/mol. The number of carboxylic acid groups (broad SMARTS) is 1. The van der Waals surface area contributed by atoms with E-state index in [-0.39, 0.29) is 5.91 Å². The fourth-order valence-corrected chi connectivity index (χ4v) is 3.22. The molecule has 1 saturated heterocycles. The Bertz CT molecular complexity index is 940. The number of benzene rings is 1. The first-order chi connectivity index (χ1) is 13.1. The van der Waals surface area contributed by atoms with Crippen LogP contribution in [0.25, 0.3) is 10.9 Å². The number of anilines is 1. The molecule has 150 valence electrons. The van der Waals surface area contributed by atoms with Gasteiger partial charge in [0, 0.05) is 36.7 Å². The van der Waals surface area contributed by atoms with E-state index < -0.39 is 43.1 Å². The normalized spacial score (nSPS) is 19.6. The summed E-state index contributed by atoms with van der Waals surface area (Å²) in [7, 11) is 1.48. The van der Waals surface area contributed by atoms with Gasteiger partial charge in [0.05, 0.1) is 11.8 Å². The number of carbonyl (C=O) groups is 3. The van der Waals surface area contributed by atoms with Gasteiger partial charge in [-0.15, -0.1) is 0 Å². The number of amides is 3. The number of likely N-dealkylation sites (tertiary alicyclic amines) is 1. The number of H-pyrrole nitrogens is 1. The predicted octanol–water partition coefficient (Wildman–Crippen LogP) is 2.25. The van der Waals surface area contributed by atoms with Gasteiger partial charge in [-0.1, -0.05) is 0 Å². The van der Waals surface area contributed by atoms with Crippen molar-refractivity contribution in [2.24, 2.45) is 11.8 Å². The second-order valence-electron chi connectivity index (χ2n) is 6.49. The van der Waals surface area contributed by atoms with Gasteiger partial charge < -0.3 is 25.6 Å². The van der Waals surface area contributed by atoms with E-state index in [4.69, 9.17) is 5.11 Å². The van der Waals surface area contributed by atoms with Crippen molar-refractivity contribution >= 4 is 34.5 Å². The van der Waals surface area contributed by atoms with Crippen LogP contribution in [0.15, 0.2) is 24.3 Å². The molecule has 4 N–H and O–H groups in total. The molecule has 3 rings (SSSR count). The first kappa shape index (κ1) is 19.5. The molecule has 0 saturated carbocycles. The molecule has 8 nitrogen and oxygen atoms in total. The first-order valence-electron chi connectivity index (χ1n) is 8.30. The largest absolute Gasteiger partial charge is 0.481 e. The predicted molar refractivity (Wildman–Crippen MR) is 93.0 cm³/mol. The number of nitrogens with one attached hydrogen (secondary N) is 3. The second-order valence-corrected chi connectivity index (χ2v) is 6.49. The Morgan fingerprint density at radius 2 is 1.93 bits per heavy atom. The fraction of sp³-hybridized carbons (Fsp3) is 0.353. The zero-order valence-electron chi connectivity index (χ0n) is 14.6. The molecule has 0 unspecified atom stereocenters. The molecule has 3 amide bonds. The highest BCUT2D eigenvalue weighted by Gasteiger charge is 2.53. The molecular formula is C17H17F3N4O4. The minimum absolute atomic E-state index is 0.308. The van der Waals surface area contributed by atoms with Gasteiger partial charge >= 0.3 is 18.2 Å². The molecule has 11 heteroatoms. The average Bonchev–Trinajstić information content (AvgIpc) is 3.24. The summed E-state index contributed by atoms with van der Waals surface area (Å²) in [5, 5.41) is 14.6. The molecule has 0 spiro atoms. The number of aromatic nitrogens is 1. The lowest BCUT2D eigenvalue weighted by Gasteiger charge is -2.18. The van der Waals surface area contributed by atoms with Crippen molar-refractivity contribution in [3.8, 4) is 0 Å². The standard InChI is InChI=1S/C17H17F3N4O4/c1-21-14(25)13-5-8-4-9(2-3-12(8)23-13)22-16(28)24-6-10(15(26)27)11(7-24)17(18,19)20/h2-5,10-11,23H,6-7H2,1H3,(H,21,25)(H,22,28)(H,26,27)/t10-,11-/m1/s1. The third kappa shape index (κ3) is 3.73. The highest BCUT2D eigenvalue weighted by molar-refractivity contribution is 5.99. The van der Waals surface area contributed by atoms with Crippen LogP contribution < -0.4 is 10.6 Å². The van der Waals surface area contributed by atoms with Crippen LogP contribution in [0.1, 0.15) is 10.5 Å². The fourth-order valence-electron chi connectivity index (χ4n) is 3.22. The molecular weight excluding hydrogens is 381 g/mol. The molecule has 0 aliphatic carbocycles. The van der Waals surface area contributed by atoms with E-state index in [0.717, 1.165) is 4.90 Å². The van der Waals surface area contributed by atoms with Crippen molar-refractivity contribution in [2.75, 3.05) is 25.5 Å². The number of hydrogen-bond acceptors (Lipinski definition) is 3. The van der Waals surface area contributed by atoms with Crippen LogP contribution >= 0.6 is 0 Å². The zero-order valence-corrected chi connectivity index (χ0v) is 14.6. The van der Waals surface area contributed by atoms with E-state index in [1.807, 2.05) is 0 Å². The molecule has 1 aromatic carbocycles. The molecule has 0 radical (unpaired) electrons. The van der Waals surface area contributed by atoms with Crippen molar-refractivity contribution in [3.05, 3.63) is 30.0 Å². The second kappa shape index (κ2) is 7.06. The minimum Gasteiger partial charge on any atom is -0.481 e. The zero-order chi connectivity index (χ0) is 20.6. The summed E-state index contributed by atoms with van der Waals surface area (Å²) in [5.74, 6) is -5.73. The maximum absolute atomic E-state index is 13.0. The highest BCUT2D eigenvalue weighted by atomic mass is 19.4. The van der Waals surface area contributed by atoms with Gasteiger partial charge in [0.1, 0.15) is 5.69 Å². The number of fused-ring (bicyclic) bond motifs is 1. The van der Waals surface area contributed by atoms with E-state index in [9.17, 15) is 27.6 Å². The number of aliphatic carboxylic acids is 1. The van der Waals surface area contributed by atoms with Gasteiger partial charge in [0.2, 0.25) is 0 Å². The lowest BCUT2D eigenvalue weighted by atomic mass is 9.96. The summed E-state index contributed by atoms with van der Waals surface area (Å²) in [5.41, 5.74) is 1.26. The van der Waals surface area contributed by atoms with Crippen LogP contribution in [0, 0.1) is 11.8 Å². The topological polar surface area (TPSA) is 115 Å². The van der Waals surface area contributed by atoms with Crippen molar-refractivity contribution < 1.29 is 32.7 Å². The van der Waals surface area contributed by atoms with E-state index in [1.165, 1.54) is 13.1 Å². The van der Waals surface area contributed by atoms with Gasteiger partial charge in [-0.2, -0.15) is 13.2 Å². The van der Waals surface area contributed by atoms with Crippen LogP contribution in [0.2, 0.25) is 0 Å². The van der Waals surface area contributed by atoms with E-state index in [2.05, 4.69) is 15.6 Å². The van der Waals surface area contributed by atoms with Crippen molar-refractivity contribution in [2.45, 2.75) is 6.18 Å². The number of alkyl halides is 3. The number of hydrogen-bond donors (Lipinski definition) is 4. The summed E-state index contributed by atoms with van der Waals surface area (Å²) >= 11 is 0. The number of aromatic amines is 1. The summed E-state index contributed by atoms with van der Waals surface area (Å²) in [6.07, 6.45) is -4.71. The summed E-state index contributed by atoms with van der Waals surface area (Å²) in [6, 6.07) is 5.44. The van der Waals surface area contributed by atoms with Crippen LogP contribution in [0.4, 0.5) is 23.7 Å². The number of nitrogens with zero attached hydrogens (tertiary/aromatic N) is 1. The minimum atomic E-state index is -4.71. The Balaban J connectivity index is 1.75. The van der Waals surface area contributed by atoms with Crippen LogP contribution in [0.3, 0.4) is 0 Å². The Kier molecular flexibility index (Phi) is 4.92. The molecule has 28 heavy (non-hydrogen) atoms. The van der Waals surface area contributed by atoms with E-state index in [0.29, 0.717) is 22.3 Å². The number of rotatable bonds is 3. The van der Waals surface area contributed by atoms with Gasteiger partial charge in [-0.3, -0.25) is 9.59 Å². The Morgan fingerprint density at radius 1 is 1.21 bits per heavy atom. The van der Waals surface area contributed by atoms with Crippen molar-refractivity contribution in [1.82, 2.24) is 15.2 Å². The molecule has 0 bridgehead atoms. The summed E-state index contributed by atoms with van der Waals surface area (Å²) in [6.45, 7) is -1.25. The van der Waals surface area contributed by atoms with Gasteiger partial charge in [-0.25, -0.2) is 4.79 Å². The van der Waals surface area contributed by atoms with Crippen LogP contribution in [-0.2, 0) is 4.79 Å². The number of carboxylic acids is 1.